The normalized spacial score (nSPS) is 24.8. The third-order valence-electron chi connectivity index (χ3n) is 7.54. The highest BCUT2D eigenvalue weighted by Crippen LogP contribution is 2.39. The fraction of sp³-hybridized carbons (Fsp3) is 0.692. The third kappa shape index (κ3) is 5.82. The number of hydrogen-bond acceptors (Lipinski definition) is 4. The number of nitrogens with zero attached hydrogens (tertiary/aromatic N) is 1. The van der Waals surface area contributed by atoms with Gasteiger partial charge in [0.15, 0.2) is 0 Å². The zero-order valence-electron chi connectivity index (χ0n) is 20.7. The summed E-state index contributed by atoms with van der Waals surface area (Å²) in [6.07, 6.45) is 6.90. The number of fused-ring (bicyclic) bond motifs is 1. The quantitative estimate of drug-likeness (QED) is 0.554. The first-order valence-electron chi connectivity index (χ1n) is 12.9. The van der Waals surface area contributed by atoms with E-state index in [4.69, 9.17) is 0 Å². The molecule has 0 aromatic heterocycles. The maximum Gasteiger partial charge on any atom is 0.240 e. The molecule has 1 aliphatic heterocycles. The van der Waals surface area contributed by atoms with Crippen LogP contribution in [0.1, 0.15) is 71.3 Å². The van der Waals surface area contributed by atoms with Crippen LogP contribution in [-0.4, -0.2) is 39.4 Å². The number of carbonyl (C=O) groups excluding carboxylic acids is 2. The molecule has 1 unspecified atom stereocenters. The molecule has 0 bridgehead atoms. The van der Waals surface area contributed by atoms with E-state index in [-0.39, 0.29) is 40.5 Å². The second kappa shape index (κ2) is 10.4. The van der Waals surface area contributed by atoms with Crippen molar-refractivity contribution in [2.24, 2.45) is 23.7 Å². The van der Waals surface area contributed by atoms with E-state index >= 15 is 0 Å². The molecule has 1 aromatic carbocycles. The minimum Gasteiger partial charge on any atom is -0.356 e. The van der Waals surface area contributed by atoms with Crippen molar-refractivity contribution in [3.63, 3.8) is 0 Å². The lowest BCUT2D eigenvalue weighted by atomic mass is 9.81. The van der Waals surface area contributed by atoms with E-state index in [9.17, 15) is 18.0 Å². The summed E-state index contributed by atoms with van der Waals surface area (Å²) in [6, 6.07) is 5.20. The molecule has 2 fully saturated rings. The molecule has 0 spiro atoms. The summed E-state index contributed by atoms with van der Waals surface area (Å²) in [5.74, 6) is 1.31. The van der Waals surface area contributed by atoms with Gasteiger partial charge in [0.05, 0.1) is 4.90 Å². The zero-order chi connectivity index (χ0) is 24.5. The van der Waals surface area contributed by atoms with Gasteiger partial charge in [-0.05, 0) is 93.9 Å². The summed E-state index contributed by atoms with van der Waals surface area (Å²) < 4.78 is 28.8. The van der Waals surface area contributed by atoms with Crippen LogP contribution < -0.4 is 14.9 Å². The standard InChI is InChI=1S/C26H39N3O4S/c1-17(2)12-13-27-25(30)20-6-4-19(5-7-20)16-28-34(32,33)23-10-11-24-22(15-23)14-18(3)29(24)26(31)21-8-9-21/h10-11,15,17-21,28H,4-9,12-14,16H2,1-3H3,(H,27,30). The van der Waals surface area contributed by atoms with Crippen molar-refractivity contribution in [1.29, 1.82) is 0 Å². The van der Waals surface area contributed by atoms with Crippen LogP contribution in [0.25, 0.3) is 0 Å². The van der Waals surface area contributed by atoms with Gasteiger partial charge in [0.2, 0.25) is 21.8 Å². The summed E-state index contributed by atoms with van der Waals surface area (Å²) in [5, 5.41) is 3.04. The topological polar surface area (TPSA) is 95.6 Å². The molecular weight excluding hydrogens is 450 g/mol. The summed E-state index contributed by atoms with van der Waals surface area (Å²) in [6.45, 7) is 7.43. The van der Waals surface area contributed by atoms with E-state index in [0.717, 1.165) is 62.7 Å². The van der Waals surface area contributed by atoms with Crippen LogP contribution in [0.4, 0.5) is 5.69 Å². The first-order chi connectivity index (χ1) is 16.2. The molecule has 2 saturated carbocycles. The largest absolute Gasteiger partial charge is 0.356 e. The van der Waals surface area contributed by atoms with E-state index in [2.05, 4.69) is 23.9 Å². The van der Waals surface area contributed by atoms with Crippen molar-refractivity contribution >= 4 is 27.5 Å². The fourth-order valence-electron chi connectivity index (χ4n) is 5.21. The second-order valence-electron chi connectivity index (χ2n) is 10.9. The highest BCUT2D eigenvalue weighted by atomic mass is 32.2. The van der Waals surface area contributed by atoms with E-state index in [1.165, 1.54) is 0 Å². The molecule has 2 N–H and O–H groups in total. The Hall–Kier alpha value is -1.93. The smallest absolute Gasteiger partial charge is 0.240 e. The minimum atomic E-state index is -3.62. The van der Waals surface area contributed by atoms with Crippen molar-refractivity contribution in [3.8, 4) is 0 Å². The number of benzene rings is 1. The summed E-state index contributed by atoms with van der Waals surface area (Å²) in [7, 11) is -3.62. The van der Waals surface area contributed by atoms with Crippen molar-refractivity contribution < 1.29 is 18.0 Å². The van der Waals surface area contributed by atoms with Gasteiger partial charge in [-0.25, -0.2) is 13.1 Å². The molecule has 3 aliphatic rings. The van der Waals surface area contributed by atoms with Crippen molar-refractivity contribution in [1.82, 2.24) is 10.0 Å². The molecule has 8 heteroatoms. The molecule has 0 radical (unpaired) electrons. The van der Waals surface area contributed by atoms with E-state index in [1.54, 1.807) is 18.2 Å². The Balaban J connectivity index is 1.29. The molecule has 0 saturated heterocycles. The number of sulfonamides is 1. The summed E-state index contributed by atoms with van der Waals surface area (Å²) in [5.41, 5.74) is 1.78. The maximum absolute atomic E-state index is 13.0. The van der Waals surface area contributed by atoms with Crippen LogP contribution in [0.15, 0.2) is 23.1 Å². The number of amides is 2. The van der Waals surface area contributed by atoms with E-state index in [1.807, 2.05) is 11.8 Å². The van der Waals surface area contributed by atoms with Gasteiger partial charge in [-0.15, -0.1) is 0 Å². The molecule has 2 aliphatic carbocycles. The Morgan fingerprint density at radius 3 is 2.38 bits per heavy atom. The van der Waals surface area contributed by atoms with Crippen LogP contribution in [0.3, 0.4) is 0 Å². The molecule has 1 aromatic rings. The Morgan fingerprint density at radius 2 is 1.74 bits per heavy atom. The van der Waals surface area contributed by atoms with Crippen LogP contribution in [0.2, 0.25) is 0 Å². The van der Waals surface area contributed by atoms with E-state index in [0.29, 0.717) is 18.9 Å². The summed E-state index contributed by atoms with van der Waals surface area (Å²) >= 11 is 0. The van der Waals surface area contributed by atoms with Crippen LogP contribution in [0.5, 0.6) is 0 Å². The van der Waals surface area contributed by atoms with Gasteiger partial charge in [0, 0.05) is 36.7 Å². The van der Waals surface area contributed by atoms with Crippen LogP contribution in [0, 0.1) is 23.7 Å². The van der Waals surface area contributed by atoms with Gasteiger partial charge < -0.3 is 10.2 Å². The molecule has 7 nitrogen and oxygen atoms in total. The number of anilines is 1. The monoisotopic (exact) mass is 489 g/mol. The number of hydrogen-bond donors (Lipinski definition) is 2. The number of carbonyl (C=O) groups is 2. The van der Waals surface area contributed by atoms with Crippen molar-refractivity contribution in [2.45, 2.75) is 83.1 Å². The van der Waals surface area contributed by atoms with Gasteiger partial charge in [0.25, 0.3) is 0 Å². The van der Waals surface area contributed by atoms with Gasteiger partial charge in [-0.2, -0.15) is 0 Å². The van der Waals surface area contributed by atoms with Crippen LogP contribution >= 0.6 is 0 Å². The average molecular weight is 490 g/mol. The van der Waals surface area contributed by atoms with Crippen LogP contribution in [-0.2, 0) is 26.0 Å². The molecule has 2 amide bonds. The molecule has 1 heterocycles. The lowest BCUT2D eigenvalue weighted by molar-refractivity contribution is -0.126. The molecule has 34 heavy (non-hydrogen) atoms. The Morgan fingerprint density at radius 1 is 1.06 bits per heavy atom. The zero-order valence-corrected chi connectivity index (χ0v) is 21.5. The first-order valence-corrected chi connectivity index (χ1v) is 14.4. The highest BCUT2D eigenvalue weighted by molar-refractivity contribution is 7.89. The molecule has 1 atom stereocenters. The maximum atomic E-state index is 13.0. The molecule has 188 valence electrons. The summed E-state index contributed by atoms with van der Waals surface area (Å²) in [4.78, 5) is 27.1. The van der Waals surface area contributed by atoms with Gasteiger partial charge in [0.1, 0.15) is 0 Å². The Labute approximate surface area is 204 Å². The SMILES string of the molecule is CC(C)CCNC(=O)C1CCC(CNS(=O)(=O)c2ccc3c(c2)CC(C)N3C(=O)C2CC2)CC1. The molecule has 4 rings (SSSR count). The lowest BCUT2D eigenvalue weighted by Gasteiger charge is -2.28. The van der Waals surface area contributed by atoms with Gasteiger partial charge >= 0.3 is 0 Å². The van der Waals surface area contributed by atoms with Gasteiger partial charge in [-0.1, -0.05) is 13.8 Å². The van der Waals surface area contributed by atoms with E-state index < -0.39 is 10.0 Å². The highest BCUT2D eigenvalue weighted by Gasteiger charge is 2.39. The predicted molar refractivity (Wildman–Crippen MR) is 133 cm³/mol. The lowest BCUT2D eigenvalue weighted by Crippen LogP contribution is -2.36. The second-order valence-corrected chi connectivity index (χ2v) is 12.6. The number of rotatable bonds is 9. The van der Waals surface area contributed by atoms with Crippen molar-refractivity contribution in [3.05, 3.63) is 23.8 Å². The average Bonchev–Trinajstić information content (AvgIpc) is 3.59. The third-order valence-corrected chi connectivity index (χ3v) is 8.96. The minimum absolute atomic E-state index is 0.0417. The fourth-order valence-corrected chi connectivity index (χ4v) is 6.37. The van der Waals surface area contributed by atoms with Crippen molar-refractivity contribution in [2.75, 3.05) is 18.0 Å². The predicted octanol–water partition coefficient (Wildman–Crippen LogP) is 3.62. The Bertz CT molecular complexity index is 1010. The first kappa shape index (κ1) is 25.2. The van der Waals surface area contributed by atoms with Gasteiger partial charge in [-0.3, -0.25) is 9.59 Å². The molecular formula is C26H39N3O4S. The number of nitrogens with one attached hydrogen (secondary N) is 2. The Kier molecular flexibility index (Phi) is 7.67.